The van der Waals surface area contributed by atoms with Crippen LogP contribution < -0.4 is 5.73 Å². The Morgan fingerprint density at radius 1 is 1.06 bits per heavy atom. The Labute approximate surface area is 111 Å². The summed E-state index contributed by atoms with van der Waals surface area (Å²) in [5, 5.41) is 8.98. The normalized spacial score (nSPS) is 26.1. The number of aliphatic carboxylic acids is 1. The maximum Gasteiger partial charge on any atom is 0.303 e. The van der Waals surface area contributed by atoms with Gasteiger partial charge in [0.2, 0.25) is 0 Å². The average molecular weight is 255 g/mol. The molecule has 0 atom stereocenters. The van der Waals surface area contributed by atoms with Crippen LogP contribution in [0.1, 0.15) is 59.8 Å². The van der Waals surface area contributed by atoms with Crippen LogP contribution in [0.3, 0.4) is 0 Å². The van der Waals surface area contributed by atoms with Crippen LogP contribution in [0.25, 0.3) is 0 Å². The lowest BCUT2D eigenvalue weighted by atomic mass is 9.62. The molecular formula is C15H29NO2. The molecule has 3 heteroatoms. The molecule has 1 aliphatic carbocycles. The van der Waals surface area contributed by atoms with Crippen molar-refractivity contribution in [3.05, 3.63) is 0 Å². The van der Waals surface area contributed by atoms with Gasteiger partial charge in [-0.1, -0.05) is 27.7 Å². The molecular weight excluding hydrogens is 226 g/mol. The molecule has 3 N–H and O–H groups in total. The highest BCUT2D eigenvalue weighted by atomic mass is 16.4. The molecule has 0 aromatic heterocycles. The molecule has 0 spiro atoms. The molecule has 106 valence electrons. The summed E-state index contributed by atoms with van der Waals surface area (Å²) in [6.07, 6.45) is 4.96. The molecule has 3 nitrogen and oxygen atoms in total. The molecule has 0 bridgehead atoms. The molecule has 1 rings (SSSR count). The van der Waals surface area contributed by atoms with Gasteiger partial charge in [-0.3, -0.25) is 4.79 Å². The van der Waals surface area contributed by atoms with Gasteiger partial charge in [0.05, 0.1) is 6.42 Å². The highest BCUT2D eigenvalue weighted by Gasteiger charge is 2.38. The lowest BCUT2D eigenvalue weighted by Gasteiger charge is -2.43. The summed E-state index contributed by atoms with van der Waals surface area (Å²) in [7, 11) is 0. The quantitative estimate of drug-likeness (QED) is 0.792. The summed E-state index contributed by atoms with van der Waals surface area (Å²) in [6, 6.07) is 0. The van der Waals surface area contributed by atoms with Gasteiger partial charge in [0.1, 0.15) is 0 Å². The van der Waals surface area contributed by atoms with Crippen LogP contribution in [-0.4, -0.2) is 17.6 Å². The van der Waals surface area contributed by atoms with E-state index in [1.807, 2.05) is 0 Å². The monoisotopic (exact) mass is 255 g/mol. The Balaban J connectivity index is 2.56. The third-order valence-corrected chi connectivity index (χ3v) is 5.07. The first-order chi connectivity index (χ1) is 8.19. The van der Waals surface area contributed by atoms with Crippen molar-refractivity contribution in [3.63, 3.8) is 0 Å². The first kappa shape index (κ1) is 15.5. The second kappa shape index (κ2) is 5.60. The van der Waals surface area contributed by atoms with Gasteiger partial charge in [-0.05, 0) is 54.9 Å². The highest BCUT2D eigenvalue weighted by molar-refractivity contribution is 5.67. The van der Waals surface area contributed by atoms with Crippen molar-refractivity contribution in [2.24, 2.45) is 28.4 Å². The predicted octanol–water partition coefficient (Wildman–Crippen LogP) is 3.28. The first-order valence-corrected chi connectivity index (χ1v) is 7.11. The lowest BCUT2D eigenvalue weighted by molar-refractivity contribution is -0.140. The van der Waals surface area contributed by atoms with Crippen LogP contribution >= 0.6 is 0 Å². The topological polar surface area (TPSA) is 63.3 Å². The summed E-state index contributed by atoms with van der Waals surface area (Å²) < 4.78 is 0. The summed E-state index contributed by atoms with van der Waals surface area (Å²) in [6.45, 7) is 9.43. The summed E-state index contributed by atoms with van der Waals surface area (Å²) >= 11 is 0. The maximum atomic E-state index is 10.9. The summed E-state index contributed by atoms with van der Waals surface area (Å²) in [5.41, 5.74) is 5.99. The van der Waals surface area contributed by atoms with E-state index in [9.17, 15) is 4.79 Å². The number of hydrogen-bond donors (Lipinski definition) is 2. The Bertz CT molecular complexity index is 289. The van der Waals surface area contributed by atoms with Crippen LogP contribution in [-0.2, 0) is 4.79 Å². The number of carbonyl (C=O) groups is 1. The standard InChI is InChI=1S/C15H29NO2/c1-14(2,9-13(17)18)11-5-7-12(8-6-11)15(3,4)10-16/h11-12H,5-10,16H2,1-4H3,(H,17,18). The molecule has 1 fully saturated rings. The molecule has 18 heavy (non-hydrogen) atoms. The molecule has 1 aliphatic rings. The zero-order valence-corrected chi connectivity index (χ0v) is 12.3. The van der Waals surface area contributed by atoms with Gasteiger partial charge in [-0.2, -0.15) is 0 Å². The third-order valence-electron chi connectivity index (χ3n) is 5.07. The fraction of sp³-hybridized carbons (Fsp3) is 0.933. The van der Waals surface area contributed by atoms with E-state index in [1.54, 1.807) is 0 Å². The molecule has 0 amide bonds. The smallest absolute Gasteiger partial charge is 0.303 e. The van der Waals surface area contributed by atoms with Crippen molar-refractivity contribution >= 4 is 5.97 Å². The van der Waals surface area contributed by atoms with Crippen molar-refractivity contribution < 1.29 is 9.90 Å². The van der Waals surface area contributed by atoms with E-state index in [-0.39, 0.29) is 17.3 Å². The van der Waals surface area contributed by atoms with Crippen LogP contribution in [0.2, 0.25) is 0 Å². The first-order valence-electron chi connectivity index (χ1n) is 7.11. The van der Waals surface area contributed by atoms with E-state index in [2.05, 4.69) is 27.7 Å². The second-order valence-electron chi connectivity index (χ2n) is 7.30. The molecule has 0 aromatic carbocycles. The molecule has 0 heterocycles. The molecule has 0 radical (unpaired) electrons. The number of nitrogens with two attached hydrogens (primary N) is 1. The molecule has 0 unspecified atom stereocenters. The van der Waals surface area contributed by atoms with E-state index < -0.39 is 5.97 Å². The minimum atomic E-state index is -0.676. The minimum absolute atomic E-state index is 0.0797. The van der Waals surface area contributed by atoms with Crippen molar-refractivity contribution in [2.75, 3.05) is 6.54 Å². The SMILES string of the molecule is CC(C)(CN)C1CCC(C(C)(C)CC(=O)O)CC1. The Hall–Kier alpha value is -0.570. The van der Waals surface area contributed by atoms with Gasteiger partial charge < -0.3 is 10.8 Å². The van der Waals surface area contributed by atoms with Crippen LogP contribution in [0, 0.1) is 22.7 Å². The number of carboxylic acids is 1. The van der Waals surface area contributed by atoms with E-state index in [0.29, 0.717) is 11.8 Å². The number of carboxylic acid groups (broad SMARTS) is 1. The van der Waals surface area contributed by atoms with Crippen molar-refractivity contribution in [1.82, 2.24) is 0 Å². The van der Waals surface area contributed by atoms with E-state index in [0.717, 1.165) is 19.4 Å². The van der Waals surface area contributed by atoms with E-state index >= 15 is 0 Å². The zero-order valence-electron chi connectivity index (χ0n) is 12.3. The van der Waals surface area contributed by atoms with Crippen molar-refractivity contribution in [3.8, 4) is 0 Å². The second-order valence-corrected chi connectivity index (χ2v) is 7.30. The molecule has 0 aliphatic heterocycles. The summed E-state index contributed by atoms with van der Waals surface area (Å²) in [5.74, 6) is 0.558. The van der Waals surface area contributed by atoms with Gasteiger partial charge in [0.15, 0.2) is 0 Å². The van der Waals surface area contributed by atoms with Gasteiger partial charge in [-0.15, -0.1) is 0 Å². The maximum absolute atomic E-state index is 10.9. The van der Waals surface area contributed by atoms with E-state index in [1.165, 1.54) is 12.8 Å². The Kier molecular flexibility index (Phi) is 4.82. The predicted molar refractivity (Wildman–Crippen MR) is 74.3 cm³/mol. The van der Waals surface area contributed by atoms with Gasteiger partial charge in [0.25, 0.3) is 0 Å². The van der Waals surface area contributed by atoms with Crippen LogP contribution in [0.4, 0.5) is 0 Å². The average Bonchev–Trinajstić information content (AvgIpc) is 2.27. The van der Waals surface area contributed by atoms with Crippen molar-refractivity contribution in [2.45, 2.75) is 59.8 Å². The molecule has 0 saturated heterocycles. The molecule has 0 aromatic rings. The number of rotatable bonds is 5. The van der Waals surface area contributed by atoms with Gasteiger partial charge in [-0.25, -0.2) is 0 Å². The van der Waals surface area contributed by atoms with Crippen molar-refractivity contribution in [1.29, 1.82) is 0 Å². The van der Waals surface area contributed by atoms with Gasteiger partial charge in [0, 0.05) is 0 Å². The minimum Gasteiger partial charge on any atom is -0.481 e. The third kappa shape index (κ3) is 3.71. The lowest BCUT2D eigenvalue weighted by Crippen LogP contribution is -2.37. The fourth-order valence-electron chi connectivity index (χ4n) is 3.36. The largest absolute Gasteiger partial charge is 0.481 e. The Morgan fingerprint density at radius 3 is 1.78 bits per heavy atom. The Morgan fingerprint density at radius 2 is 1.44 bits per heavy atom. The highest BCUT2D eigenvalue weighted by Crippen LogP contribution is 2.46. The fourth-order valence-corrected chi connectivity index (χ4v) is 3.36. The molecule has 1 saturated carbocycles. The van der Waals surface area contributed by atoms with E-state index in [4.69, 9.17) is 10.8 Å². The summed E-state index contributed by atoms with van der Waals surface area (Å²) in [4.78, 5) is 10.9. The number of hydrogen-bond acceptors (Lipinski definition) is 2. The van der Waals surface area contributed by atoms with Gasteiger partial charge >= 0.3 is 5.97 Å². The van der Waals surface area contributed by atoms with Crippen LogP contribution in [0.15, 0.2) is 0 Å². The van der Waals surface area contributed by atoms with Crippen LogP contribution in [0.5, 0.6) is 0 Å². The zero-order chi connectivity index (χ0) is 14.0.